The van der Waals surface area contributed by atoms with Crippen molar-refractivity contribution in [2.45, 2.75) is 52.2 Å². The topological polar surface area (TPSA) is 93.1 Å². The summed E-state index contributed by atoms with van der Waals surface area (Å²) in [5.74, 6) is -1.41. The molecule has 0 aromatic rings. The van der Waals surface area contributed by atoms with Crippen LogP contribution in [0.4, 0.5) is 0 Å². The van der Waals surface area contributed by atoms with Crippen LogP contribution >= 0.6 is 0 Å². The van der Waals surface area contributed by atoms with Crippen molar-refractivity contribution in [3.63, 3.8) is 0 Å². The average Bonchev–Trinajstić information content (AvgIpc) is 2.92. The highest BCUT2D eigenvalue weighted by atomic mass is 16.6. The van der Waals surface area contributed by atoms with Crippen LogP contribution in [0.5, 0.6) is 0 Å². The van der Waals surface area contributed by atoms with Crippen LogP contribution in [0.1, 0.15) is 40.0 Å². The Morgan fingerprint density at radius 1 is 1.46 bits per heavy atom. The van der Waals surface area contributed by atoms with Crippen LogP contribution in [0.25, 0.3) is 0 Å². The van der Waals surface area contributed by atoms with E-state index in [1.807, 2.05) is 6.92 Å². The van der Waals surface area contributed by atoms with Crippen LogP contribution in [-0.4, -0.2) is 47.6 Å². The van der Waals surface area contributed by atoms with Gasteiger partial charge in [0, 0.05) is 24.2 Å². The summed E-state index contributed by atoms with van der Waals surface area (Å²) < 4.78 is 11.2. The smallest absolute Gasteiger partial charge is 0.334 e. The Labute approximate surface area is 154 Å². The van der Waals surface area contributed by atoms with Crippen molar-refractivity contribution in [3.8, 4) is 0 Å². The fourth-order valence-corrected chi connectivity index (χ4v) is 3.75. The second-order valence-electron chi connectivity index (χ2n) is 6.98. The number of aliphatic hydroxyl groups excluding tert-OH is 2. The van der Waals surface area contributed by atoms with Crippen molar-refractivity contribution >= 4 is 11.9 Å². The maximum atomic E-state index is 12.4. The van der Waals surface area contributed by atoms with Crippen molar-refractivity contribution in [1.29, 1.82) is 0 Å². The van der Waals surface area contributed by atoms with Crippen molar-refractivity contribution < 1.29 is 29.3 Å². The van der Waals surface area contributed by atoms with Gasteiger partial charge in [-0.1, -0.05) is 19.6 Å². The lowest BCUT2D eigenvalue weighted by Gasteiger charge is -2.38. The molecule has 1 fully saturated rings. The van der Waals surface area contributed by atoms with Gasteiger partial charge in [0.1, 0.15) is 12.2 Å². The van der Waals surface area contributed by atoms with E-state index in [1.165, 1.54) is 0 Å². The fourth-order valence-electron chi connectivity index (χ4n) is 3.75. The van der Waals surface area contributed by atoms with E-state index in [2.05, 4.69) is 6.58 Å². The predicted molar refractivity (Wildman–Crippen MR) is 96.0 cm³/mol. The van der Waals surface area contributed by atoms with E-state index >= 15 is 0 Å². The molecule has 2 aliphatic rings. The van der Waals surface area contributed by atoms with Crippen LogP contribution < -0.4 is 0 Å². The minimum absolute atomic E-state index is 0.0162. The predicted octanol–water partition coefficient (Wildman–Crippen LogP) is 2.06. The first-order valence-electron chi connectivity index (χ1n) is 9.02. The normalized spacial score (nSPS) is 27.3. The standard InChI is InChI=1S/C20H28O6/c1-5-11(2)19(23)26-18-16(12(3)7-6-8-21)14(10-22)9-15-17(18)13(4)20(24)25-15/h5,12,15,17-18,21-22H,4,6-10H2,1-3H3/b11-5-/t12-,15+,17+,18+/m1/s1. The van der Waals surface area contributed by atoms with Gasteiger partial charge in [0.05, 0.1) is 12.5 Å². The molecule has 26 heavy (non-hydrogen) atoms. The van der Waals surface area contributed by atoms with E-state index < -0.39 is 30.1 Å². The molecule has 0 bridgehead atoms. The van der Waals surface area contributed by atoms with Gasteiger partial charge in [-0.05, 0) is 43.8 Å². The van der Waals surface area contributed by atoms with Gasteiger partial charge in [-0.3, -0.25) is 0 Å². The quantitative estimate of drug-likeness (QED) is 0.408. The van der Waals surface area contributed by atoms with Crippen LogP contribution in [0.3, 0.4) is 0 Å². The second kappa shape index (κ2) is 8.64. The molecule has 4 atom stereocenters. The number of rotatable bonds is 7. The summed E-state index contributed by atoms with van der Waals surface area (Å²) in [6.45, 7) is 9.11. The van der Waals surface area contributed by atoms with E-state index in [0.717, 1.165) is 11.1 Å². The molecule has 0 saturated carbocycles. The first-order valence-corrected chi connectivity index (χ1v) is 9.02. The maximum absolute atomic E-state index is 12.4. The van der Waals surface area contributed by atoms with Crippen molar-refractivity contribution in [1.82, 2.24) is 0 Å². The van der Waals surface area contributed by atoms with Crippen LogP contribution in [0.15, 0.2) is 34.9 Å². The molecule has 6 nitrogen and oxygen atoms in total. The zero-order chi connectivity index (χ0) is 19.4. The molecule has 0 aromatic heterocycles. The number of aliphatic hydroxyl groups is 2. The second-order valence-corrected chi connectivity index (χ2v) is 6.98. The van der Waals surface area contributed by atoms with Crippen molar-refractivity contribution in [2.24, 2.45) is 11.8 Å². The van der Waals surface area contributed by atoms with Gasteiger partial charge in [0.2, 0.25) is 0 Å². The van der Waals surface area contributed by atoms with Crippen molar-refractivity contribution in [2.75, 3.05) is 13.2 Å². The minimum Gasteiger partial charge on any atom is -0.458 e. The molecule has 1 aliphatic heterocycles. The van der Waals surface area contributed by atoms with Crippen molar-refractivity contribution in [3.05, 3.63) is 34.9 Å². The number of hydrogen-bond donors (Lipinski definition) is 2. The van der Waals surface area contributed by atoms with Gasteiger partial charge in [-0.15, -0.1) is 0 Å². The molecule has 144 valence electrons. The number of esters is 2. The molecular weight excluding hydrogens is 336 g/mol. The highest BCUT2D eigenvalue weighted by molar-refractivity contribution is 5.92. The molecule has 6 heteroatoms. The lowest BCUT2D eigenvalue weighted by molar-refractivity contribution is -0.147. The third-order valence-corrected chi connectivity index (χ3v) is 5.32. The molecule has 2 N–H and O–H groups in total. The number of carbonyl (C=O) groups is 2. The molecule has 1 heterocycles. The Kier molecular flexibility index (Phi) is 6.78. The summed E-state index contributed by atoms with van der Waals surface area (Å²) in [5, 5.41) is 19.0. The molecule has 0 amide bonds. The van der Waals surface area contributed by atoms with E-state index in [4.69, 9.17) is 14.6 Å². The first-order chi connectivity index (χ1) is 12.3. The molecule has 0 spiro atoms. The SMILES string of the molecule is C=C1C(=O)O[C@H]2CC(CO)=C([C@H](C)CCCO)[C@H](OC(=O)/C(C)=C\C)[C@@H]12. The molecule has 0 unspecified atom stereocenters. The number of carbonyl (C=O) groups excluding carboxylic acids is 2. The summed E-state index contributed by atoms with van der Waals surface area (Å²) in [5.41, 5.74) is 2.32. The summed E-state index contributed by atoms with van der Waals surface area (Å²) in [4.78, 5) is 24.4. The highest BCUT2D eigenvalue weighted by Crippen LogP contribution is 2.45. The van der Waals surface area contributed by atoms with Gasteiger partial charge >= 0.3 is 11.9 Å². The van der Waals surface area contributed by atoms with E-state index in [9.17, 15) is 14.7 Å². The van der Waals surface area contributed by atoms with Gasteiger partial charge < -0.3 is 19.7 Å². The number of hydrogen-bond acceptors (Lipinski definition) is 6. The van der Waals surface area contributed by atoms with Crippen LogP contribution in [0, 0.1) is 11.8 Å². The highest BCUT2D eigenvalue weighted by Gasteiger charge is 2.50. The zero-order valence-corrected chi connectivity index (χ0v) is 15.7. The lowest BCUT2D eigenvalue weighted by Crippen LogP contribution is -2.41. The number of allylic oxidation sites excluding steroid dienone is 1. The van der Waals surface area contributed by atoms with Crippen LogP contribution in [-0.2, 0) is 19.1 Å². The first kappa shape index (κ1) is 20.4. The summed E-state index contributed by atoms with van der Waals surface area (Å²) in [6.07, 6.45) is 2.17. The largest absolute Gasteiger partial charge is 0.458 e. The fraction of sp³-hybridized carbons (Fsp3) is 0.600. The minimum atomic E-state index is -0.703. The Bertz CT molecular complexity index is 645. The summed E-state index contributed by atoms with van der Waals surface area (Å²) in [7, 11) is 0. The maximum Gasteiger partial charge on any atom is 0.334 e. The van der Waals surface area contributed by atoms with Gasteiger partial charge in [0.25, 0.3) is 0 Å². The van der Waals surface area contributed by atoms with Gasteiger partial charge in [-0.2, -0.15) is 0 Å². The molecule has 0 aromatic carbocycles. The molecular formula is C20H28O6. The average molecular weight is 364 g/mol. The molecule has 1 saturated heterocycles. The molecule has 1 aliphatic carbocycles. The Morgan fingerprint density at radius 3 is 2.73 bits per heavy atom. The summed E-state index contributed by atoms with van der Waals surface area (Å²) >= 11 is 0. The number of fused-ring (bicyclic) bond motifs is 1. The van der Waals surface area contributed by atoms with E-state index in [1.54, 1.807) is 19.9 Å². The zero-order valence-electron chi connectivity index (χ0n) is 15.7. The third-order valence-electron chi connectivity index (χ3n) is 5.32. The number of ether oxygens (including phenoxy) is 2. The van der Waals surface area contributed by atoms with Crippen LogP contribution in [0.2, 0.25) is 0 Å². The molecule has 2 rings (SSSR count). The van der Waals surface area contributed by atoms with Gasteiger partial charge in [0.15, 0.2) is 0 Å². The summed E-state index contributed by atoms with van der Waals surface area (Å²) in [6, 6.07) is 0. The Morgan fingerprint density at radius 2 is 2.15 bits per heavy atom. The van der Waals surface area contributed by atoms with E-state index in [-0.39, 0.29) is 19.1 Å². The Hall–Kier alpha value is -1.92. The monoisotopic (exact) mass is 364 g/mol. The van der Waals surface area contributed by atoms with Gasteiger partial charge in [-0.25, -0.2) is 9.59 Å². The third kappa shape index (κ3) is 3.91. The van der Waals surface area contributed by atoms with E-state index in [0.29, 0.717) is 30.4 Å². The molecule has 0 radical (unpaired) electrons. The lowest BCUT2D eigenvalue weighted by atomic mass is 9.73. The Balaban J connectivity index is 2.45.